The van der Waals surface area contributed by atoms with Crippen molar-refractivity contribution in [2.45, 2.75) is 13.5 Å². The van der Waals surface area contributed by atoms with Gasteiger partial charge in [-0.15, -0.1) is 0 Å². The highest BCUT2D eigenvalue weighted by atomic mass is 19.1. The normalized spacial score (nSPS) is 15.9. The molecule has 24 heavy (non-hydrogen) atoms. The summed E-state index contributed by atoms with van der Waals surface area (Å²) in [7, 11) is 0. The number of ether oxygens (including phenoxy) is 1. The van der Waals surface area contributed by atoms with Crippen LogP contribution in [-0.2, 0) is 11.3 Å². The molecule has 124 valence electrons. The maximum Gasteiger partial charge on any atom is 0.137 e. The first kappa shape index (κ1) is 15.3. The van der Waals surface area contributed by atoms with E-state index in [2.05, 4.69) is 34.6 Å². The van der Waals surface area contributed by atoms with Gasteiger partial charge in [0.1, 0.15) is 11.5 Å². The van der Waals surface area contributed by atoms with Gasteiger partial charge in [0.15, 0.2) is 0 Å². The minimum absolute atomic E-state index is 0.229. The molecule has 0 unspecified atom stereocenters. The lowest BCUT2D eigenvalue weighted by Crippen LogP contribution is -2.36. The highest BCUT2D eigenvalue weighted by Crippen LogP contribution is 2.26. The molecule has 0 radical (unpaired) electrons. The maximum absolute atomic E-state index is 13.3. The van der Waals surface area contributed by atoms with Crippen LogP contribution in [0, 0.1) is 12.7 Å². The van der Waals surface area contributed by atoms with E-state index in [0.29, 0.717) is 0 Å². The van der Waals surface area contributed by atoms with Gasteiger partial charge in [0.2, 0.25) is 0 Å². The molecule has 0 N–H and O–H groups in total. The van der Waals surface area contributed by atoms with E-state index >= 15 is 0 Å². The van der Waals surface area contributed by atoms with Gasteiger partial charge in [0.25, 0.3) is 0 Å². The van der Waals surface area contributed by atoms with Crippen LogP contribution in [-0.4, -0.2) is 40.6 Å². The Morgan fingerprint density at radius 1 is 1.12 bits per heavy atom. The second-order valence-electron chi connectivity index (χ2n) is 6.23. The Kier molecular flexibility index (Phi) is 4.04. The number of hydrogen-bond acceptors (Lipinski definition) is 3. The van der Waals surface area contributed by atoms with E-state index in [9.17, 15) is 4.39 Å². The van der Waals surface area contributed by atoms with Crippen molar-refractivity contribution in [2.75, 3.05) is 26.3 Å². The molecule has 4 nitrogen and oxygen atoms in total. The number of hydrogen-bond donors (Lipinski definition) is 0. The molecule has 5 heteroatoms. The lowest BCUT2D eigenvalue weighted by atomic mass is 10.1. The van der Waals surface area contributed by atoms with E-state index in [-0.39, 0.29) is 5.82 Å². The quantitative estimate of drug-likeness (QED) is 0.740. The van der Waals surface area contributed by atoms with Crippen molar-refractivity contribution in [2.24, 2.45) is 0 Å². The van der Waals surface area contributed by atoms with Crippen LogP contribution < -0.4 is 0 Å². The number of aromatic nitrogens is 2. The topological polar surface area (TPSA) is 29.8 Å². The second-order valence-corrected chi connectivity index (χ2v) is 6.23. The summed E-state index contributed by atoms with van der Waals surface area (Å²) in [6, 6.07) is 10.7. The van der Waals surface area contributed by atoms with Crippen LogP contribution in [0.25, 0.3) is 16.9 Å². The molecule has 1 aliphatic rings. The van der Waals surface area contributed by atoms with Crippen molar-refractivity contribution >= 4 is 5.65 Å². The van der Waals surface area contributed by atoms with Crippen LogP contribution in [0.5, 0.6) is 0 Å². The SMILES string of the molecule is Cc1ccn2c(CN3CCOCC3)c(-c3ccc(F)cc3)nc2c1. The molecular formula is C19H20FN3O. The lowest BCUT2D eigenvalue weighted by molar-refractivity contribution is 0.0336. The van der Waals surface area contributed by atoms with Gasteiger partial charge in [0.05, 0.1) is 24.6 Å². The number of rotatable bonds is 3. The Balaban J connectivity index is 1.81. The number of pyridine rings is 1. The van der Waals surface area contributed by atoms with Gasteiger partial charge in [-0.1, -0.05) is 0 Å². The molecule has 2 aromatic heterocycles. The molecule has 1 saturated heterocycles. The Morgan fingerprint density at radius 3 is 2.62 bits per heavy atom. The minimum Gasteiger partial charge on any atom is -0.379 e. The van der Waals surface area contributed by atoms with Crippen LogP contribution in [0.1, 0.15) is 11.3 Å². The molecule has 3 aromatic rings. The number of halogens is 1. The Morgan fingerprint density at radius 2 is 1.88 bits per heavy atom. The summed E-state index contributed by atoms with van der Waals surface area (Å²) in [6.07, 6.45) is 2.07. The predicted molar refractivity (Wildman–Crippen MR) is 91.4 cm³/mol. The minimum atomic E-state index is -0.229. The number of fused-ring (bicyclic) bond motifs is 1. The third-order valence-electron chi connectivity index (χ3n) is 4.48. The third kappa shape index (κ3) is 2.92. The molecule has 4 rings (SSSR count). The molecule has 1 aromatic carbocycles. The van der Waals surface area contributed by atoms with E-state index in [1.807, 2.05) is 0 Å². The van der Waals surface area contributed by atoms with Crippen molar-refractivity contribution in [3.8, 4) is 11.3 Å². The van der Waals surface area contributed by atoms with Gasteiger partial charge in [-0.3, -0.25) is 4.90 Å². The van der Waals surface area contributed by atoms with Crippen LogP contribution in [0.2, 0.25) is 0 Å². The van der Waals surface area contributed by atoms with E-state index < -0.39 is 0 Å². The lowest BCUT2D eigenvalue weighted by Gasteiger charge is -2.26. The van der Waals surface area contributed by atoms with Crippen LogP contribution >= 0.6 is 0 Å². The number of nitrogens with zero attached hydrogens (tertiary/aromatic N) is 3. The summed E-state index contributed by atoms with van der Waals surface area (Å²) in [6.45, 7) is 6.24. The summed E-state index contributed by atoms with van der Waals surface area (Å²) in [5.41, 5.74) is 5.11. The molecule has 0 saturated carbocycles. The molecule has 3 heterocycles. The standard InChI is InChI=1S/C19H20FN3O/c1-14-6-7-23-17(13-22-8-10-24-11-9-22)19(21-18(23)12-14)15-2-4-16(20)5-3-15/h2-7,12H,8-11,13H2,1H3. The average Bonchev–Trinajstić information content (AvgIpc) is 2.94. The van der Waals surface area contributed by atoms with Gasteiger partial charge in [-0.2, -0.15) is 0 Å². The number of imidazole rings is 1. The fraction of sp³-hybridized carbons (Fsp3) is 0.316. The first-order chi connectivity index (χ1) is 11.7. The summed E-state index contributed by atoms with van der Waals surface area (Å²) in [5, 5.41) is 0. The highest BCUT2D eigenvalue weighted by Gasteiger charge is 2.19. The van der Waals surface area contributed by atoms with Crippen LogP contribution in [0.15, 0.2) is 42.6 Å². The van der Waals surface area contributed by atoms with Gasteiger partial charge >= 0.3 is 0 Å². The molecule has 1 aliphatic heterocycles. The van der Waals surface area contributed by atoms with Crippen LogP contribution in [0.3, 0.4) is 0 Å². The van der Waals surface area contributed by atoms with Gasteiger partial charge < -0.3 is 9.14 Å². The van der Waals surface area contributed by atoms with E-state index in [0.717, 1.165) is 55.4 Å². The molecule has 0 aliphatic carbocycles. The highest BCUT2D eigenvalue weighted by molar-refractivity contribution is 5.66. The predicted octanol–water partition coefficient (Wildman–Crippen LogP) is 3.28. The molecule has 0 atom stereocenters. The molecule has 1 fully saturated rings. The van der Waals surface area contributed by atoms with Crippen molar-refractivity contribution in [3.63, 3.8) is 0 Å². The zero-order valence-corrected chi connectivity index (χ0v) is 13.7. The number of benzene rings is 1. The van der Waals surface area contributed by atoms with Gasteiger partial charge in [0, 0.05) is 31.4 Å². The first-order valence-electron chi connectivity index (χ1n) is 8.24. The fourth-order valence-electron chi connectivity index (χ4n) is 3.16. The summed E-state index contributed by atoms with van der Waals surface area (Å²) >= 11 is 0. The number of aryl methyl sites for hydroxylation is 1. The van der Waals surface area contributed by atoms with Crippen molar-refractivity contribution < 1.29 is 9.13 Å². The summed E-state index contributed by atoms with van der Waals surface area (Å²) < 4.78 is 20.9. The smallest absolute Gasteiger partial charge is 0.137 e. The monoisotopic (exact) mass is 325 g/mol. The van der Waals surface area contributed by atoms with Crippen molar-refractivity contribution in [1.29, 1.82) is 0 Å². The summed E-state index contributed by atoms with van der Waals surface area (Å²) in [5.74, 6) is -0.229. The average molecular weight is 325 g/mol. The second kappa shape index (κ2) is 6.34. The zero-order chi connectivity index (χ0) is 16.5. The fourth-order valence-corrected chi connectivity index (χ4v) is 3.16. The largest absolute Gasteiger partial charge is 0.379 e. The Hall–Kier alpha value is -2.24. The van der Waals surface area contributed by atoms with Gasteiger partial charge in [-0.05, 0) is 48.9 Å². The van der Waals surface area contributed by atoms with E-state index in [1.54, 1.807) is 12.1 Å². The Bertz CT molecular complexity index is 851. The van der Waals surface area contributed by atoms with E-state index in [1.165, 1.54) is 17.7 Å². The maximum atomic E-state index is 13.3. The molecule has 0 bridgehead atoms. The van der Waals surface area contributed by atoms with Crippen molar-refractivity contribution in [3.05, 3.63) is 59.7 Å². The Labute approximate surface area is 140 Å². The first-order valence-corrected chi connectivity index (χ1v) is 8.24. The third-order valence-corrected chi connectivity index (χ3v) is 4.48. The molecule has 0 spiro atoms. The molecule has 0 amide bonds. The molecular weight excluding hydrogens is 305 g/mol. The van der Waals surface area contributed by atoms with Crippen molar-refractivity contribution in [1.82, 2.24) is 14.3 Å². The van der Waals surface area contributed by atoms with Crippen LogP contribution in [0.4, 0.5) is 4.39 Å². The van der Waals surface area contributed by atoms with Gasteiger partial charge in [-0.25, -0.2) is 9.37 Å². The van der Waals surface area contributed by atoms with E-state index in [4.69, 9.17) is 9.72 Å². The zero-order valence-electron chi connectivity index (χ0n) is 13.7. The number of morpholine rings is 1. The summed E-state index contributed by atoms with van der Waals surface area (Å²) in [4.78, 5) is 7.20.